The summed E-state index contributed by atoms with van der Waals surface area (Å²) in [7, 11) is 0. The Morgan fingerprint density at radius 1 is 0.885 bits per heavy atom. The van der Waals surface area contributed by atoms with Crippen molar-refractivity contribution in [3.63, 3.8) is 0 Å². The van der Waals surface area contributed by atoms with Gasteiger partial charge in [-0.1, -0.05) is 6.07 Å². The van der Waals surface area contributed by atoms with Crippen molar-refractivity contribution in [2.24, 2.45) is 5.41 Å². The van der Waals surface area contributed by atoms with Crippen LogP contribution in [0.3, 0.4) is 0 Å². The summed E-state index contributed by atoms with van der Waals surface area (Å²) in [4.78, 5) is 25.2. The number of carbonyl (C=O) groups is 2. The molecule has 2 aromatic carbocycles. The van der Waals surface area contributed by atoms with E-state index in [4.69, 9.17) is 4.74 Å². The van der Waals surface area contributed by atoms with Crippen molar-refractivity contribution in [1.82, 2.24) is 0 Å². The van der Waals surface area contributed by atoms with Gasteiger partial charge in [-0.25, -0.2) is 0 Å². The molecule has 0 atom stereocenters. The molecule has 2 aromatic rings. The molecule has 0 aliphatic heterocycles. The van der Waals surface area contributed by atoms with Crippen LogP contribution in [0.25, 0.3) is 0 Å². The zero-order valence-corrected chi connectivity index (χ0v) is 16.0. The van der Waals surface area contributed by atoms with Crippen LogP contribution in [0.5, 0.6) is 5.75 Å². The third kappa shape index (κ3) is 4.63. The summed E-state index contributed by atoms with van der Waals surface area (Å²) >= 11 is 0. The first-order valence-electron chi connectivity index (χ1n) is 8.67. The molecule has 2 N–H and O–H groups in total. The van der Waals surface area contributed by atoms with Gasteiger partial charge in [-0.2, -0.15) is 0 Å². The van der Waals surface area contributed by atoms with Crippen LogP contribution in [-0.4, -0.2) is 18.4 Å². The molecule has 0 unspecified atom stereocenters. The van der Waals surface area contributed by atoms with Crippen LogP contribution in [0.15, 0.2) is 42.5 Å². The van der Waals surface area contributed by atoms with Crippen molar-refractivity contribution in [1.29, 1.82) is 0 Å². The van der Waals surface area contributed by atoms with Crippen LogP contribution in [0, 0.1) is 19.3 Å². The highest BCUT2D eigenvalue weighted by Gasteiger charge is 2.36. The lowest BCUT2D eigenvalue weighted by Crippen LogP contribution is -2.41. The molecule has 0 aliphatic rings. The van der Waals surface area contributed by atoms with Crippen LogP contribution in [0.4, 0.5) is 11.4 Å². The number of hydrogen-bond acceptors (Lipinski definition) is 3. The molecule has 0 spiro atoms. The van der Waals surface area contributed by atoms with Crippen molar-refractivity contribution in [3.05, 3.63) is 53.6 Å². The van der Waals surface area contributed by atoms with Crippen molar-refractivity contribution in [2.75, 3.05) is 17.2 Å². The molecule has 138 valence electrons. The van der Waals surface area contributed by atoms with E-state index in [0.29, 0.717) is 18.0 Å². The average molecular weight is 354 g/mol. The summed E-state index contributed by atoms with van der Waals surface area (Å²) < 4.78 is 5.38. The molecule has 0 heterocycles. The predicted molar refractivity (Wildman–Crippen MR) is 105 cm³/mol. The summed E-state index contributed by atoms with van der Waals surface area (Å²) in [6.45, 7) is 9.69. The molecule has 2 amide bonds. The van der Waals surface area contributed by atoms with Gasteiger partial charge in [0.2, 0.25) is 11.8 Å². The van der Waals surface area contributed by atoms with Gasteiger partial charge in [0.05, 0.1) is 6.61 Å². The second-order valence-corrected chi connectivity index (χ2v) is 6.79. The Morgan fingerprint density at radius 2 is 1.42 bits per heavy atom. The van der Waals surface area contributed by atoms with E-state index in [1.807, 2.05) is 39.0 Å². The van der Waals surface area contributed by atoms with Crippen LogP contribution in [0.1, 0.15) is 31.9 Å². The number of aryl methyl sites for hydroxylation is 2. The number of nitrogens with one attached hydrogen (secondary N) is 2. The largest absolute Gasteiger partial charge is 0.494 e. The van der Waals surface area contributed by atoms with Gasteiger partial charge in [-0.15, -0.1) is 0 Å². The SMILES string of the molecule is CCOc1ccc(NC(=O)C(C)(C)C(=O)Nc2ccc(C)c(C)c2)cc1. The summed E-state index contributed by atoms with van der Waals surface area (Å²) in [6.07, 6.45) is 0. The van der Waals surface area contributed by atoms with Gasteiger partial charge in [-0.05, 0) is 82.1 Å². The van der Waals surface area contributed by atoms with E-state index in [-0.39, 0.29) is 11.8 Å². The van der Waals surface area contributed by atoms with Gasteiger partial charge in [-0.3, -0.25) is 9.59 Å². The van der Waals surface area contributed by atoms with E-state index >= 15 is 0 Å². The van der Waals surface area contributed by atoms with Crippen LogP contribution in [-0.2, 0) is 9.59 Å². The molecular formula is C21H26N2O3. The maximum Gasteiger partial charge on any atom is 0.239 e. The molecule has 26 heavy (non-hydrogen) atoms. The molecule has 0 aromatic heterocycles. The molecule has 0 saturated carbocycles. The molecule has 2 rings (SSSR count). The summed E-state index contributed by atoms with van der Waals surface area (Å²) in [5, 5.41) is 5.61. The zero-order valence-electron chi connectivity index (χ0n) is 16.0. The lowest BCUT2D eigenvalue weighted by Gasteiger charge is -2.23. The molecule has 0 fully saturated rings. The summed E-state index contributed by atoms with van der Waals surface area (Å²) in [5.41, 5.74) is 2.30. The first kappa shape index (κ1) is 19.5. The Bertz CT molecular complexity index is 795. The molecule has 0 saturated heterocycles. The zero-order chi connectivity index (χ0) is 19.3. The Labute approximate surface area is 154 Å². The van der Waals surface area contributed by atoms with Gasteiger partial charge in [0.1, 0.15) is 11.2 Å². The lowest BCUT2D eigenvalue weighted by molar-refractivity contribution is -0.135. The molecule has 5 nitrogen and oxygen atoms in total. The Kier molecular flexibility index (Phi) is 6.03. The summed E-state index contributed by atoms with van der Waals surface area (Å²) in [6, 6.07) is 12.7. The van der Waals surface area contributed by atoms with E-state index in [9.17, 15) is 9.59 Å². The topological polar surface area (TPSA) is 67.4 Å². The number of benzene rings is 2. The first-order chi connectivity index (χ1) is 12.2. The van der Waals surface area contributed by atoms with Crippen molar-refractivity contribution >= 4 is 23.2 Å². The maximum atomic E-state index is 12.6. The fourth-order valence-electron chi connectivity index (χ4n) is 2.30. The molecular weight excluding hydrogens is 328 g/mol. The van der Waals surface area contributed by atoms with Crippen molar-refractivity contribution < 1.29 is 14.3 Å². The summed E-state index contributed by atoms with van der Waals surface area (Å²) in [5.74, 6) is 0.00410. The van der Waals surface area contributed by atoms with Gasteiger partial charge >= 0.3 is 0 Å². The van der Waals surface area contributed by atoms with E-state index in [1.54, 1.807) is 38.1 Å². The maximum absolute atomic E-state index is 12.6. The predicted octanol–water partition coefficient (Wildman–Crippen LogP) is 4.31. The lowest BCUT2D eigenvalue weighted by atomic mass is 9.90. The van der Waals surface area contributed by atoms with Crippen LogP contribution >= 0.6 is 0 Å². The molecule has 0 aliphatic carbocycles. The van der Waals surface area contributed by atoms with Gasteiger partial charge in [0.15, 0.2) is 0 Å². The van der Waals surface area contributed by atoms with E-state index in [1.165, 1.54) is 0 Å². The average Bonchev–Trinajstić information content (AvgIpc) is 2.60. The standard InChI is InChI=1S/C21H26N2O3/c1-6-26-18-11-9-16(10-12-18)22-19(24)21(4,5)20(25)23-17-8-7-14(2)15(3)13-17/h7-13H,6H2,1-5H3,(H,22,24)(H,23,25). The molecule has 5 heteroatoms. The number of carbonyl (C=O) groups excluding carboxylic acids is 2. The number of rotatable bonds is 6. The minimum Gasteiger partial charge on any atom is -0.494 e. The number of amides is 2. The fraction of sp³-hybridized carbons (Fsp3) is 0.333. The highest BCUT2D eigenvalue weighted by atomic mass is 16.5. The van der Waals surface area contributed by atoms with E-state index in [0.717, 1.165) is 16.9 Å². The van der Waals surface area contributed by atoms with Crippen LogP contribution < -0.4 is 15.4 Å². The highest BCUT2D eigenvalue weighted by Crippen LogP contribution is 2.23. The third-order valence-electron chi connectivity index (χ3n) is 4.32. The van der Waals surface area contributed by atoms with E-state index in [2.05, 4.69) is 10.6 Å². The second-order valence-electron chi connectivity index (χ2n) is 6.79. The smallest absolute Gasteiger partial charge is 0.239 e. The van der Waals surface area contributed by atoms with Gasteiger partial charge < -0.3 is 15.4 Å². The second kappa shape index (κ2) is 8.04. The van der Waals surface area contributed by atoms with Gasteiger partial charge in [0.25, 0.3) is 0 Å². The normalized spacial score (nSPS) is 11.0. The van der Waals surface area contributed by atoms with Crippen LogP contribution in [0.2, 0.25) is 0 Å². The number of ether oxygens (including phenoxy) is 1. The minimum absolute atomic E-state index is 0.357. The Morgan fingerprint density at radius 3 is 1.96 bits per heavy atom. The molecule has 0 radical (unpaired) electrons. The number of hydrogen-bond donors (Lipinski definition) is 2. The fourth-order valence-corrected chi connectivity index (χ4v) is 2.30. The number of anilines is 2. The quantitative estimate of drug-likeness (QED) is 0.760. The van der Waals surface area contributed by atoms with Crippen molar-refractivity contribution in [2.45, 2.75) is 34.6 Å². The highest BCUT2D eigenvalue weighted by molar-refractivity contribution is 6.14. The first-order valence-corrected chi connectivity index (χ1v) is 8.67. The minimum atomic E-state index is -1.22. The third-order valence-corrected chi connectivity index (χ3v) is 4.32. The Balaban J connectivity index is 2.05. The van der Waals surface area contributed by atoms with Gasteiger partial charge in [0, 0.05) is 11.4 Å². The molecule has 0 bridgehead atoms. The van der Waals surface area contributed by atoms with E-state index < -0.39 is 5.41 Å². The Hall–Kier alpha value is -2.82. The van der Waals surface area contributed by atoms with Crippen molar-refractivity contribution in [3.8, 4) is 5.75 Å². The monoisotopic (exact) mass is 354 g/mol.